The van der Waals surface area contributed by atoms with Gasteiger partial charge in [0.2, 0.25) is 5.91 Å². The molecule has 1 saturated heterocycles. The van der Waals surface area contributed by atoms with E-state index in [1.165, 1.54) is 0 Å². The summed E-state index contributed by atoms with van der Waals surface area (Å²) in [5.74, 6) is -0.598. The molecule has 1 aliphatic heterocycles. The molecule has 2 aliphatic rings. The second-order valence-electron chi connectivity index (χ2n) is 8.68. The summed E-state index contributed by atoms with van der Waals surface area (Å²) in [5, 5.41) is 11.8. The average molecular weight is 499 g/mol. The van der Waals surface area contributed by atoms with E-state index in [2.05, 4.69) is 29.6 Å². The third-order valence-electron chi connectivity index (χ3n) is 6.40. The number of alkyl carbamates (subject to hydrolysis) is 1. The minimum absolute atomic E-state index is 0.0653. The molecule has 0 spiro atoms. The van der Waals surface area contributed by atoms with Crippen LogP contribution in [0.5, 0.6) is 0 Å². The van der Waals surface area contributed by atoms with Crippen LogP contribution in [0, 0.1) is 0 Å². The highest BCUT2D eigenvalue weighted by molar-refractivity contribution is 7.98. The summed E-state index contributed by atoms with van der Waals surface area (Å²) in [6, 6.07) is 15.5. The Morgan fingerprint density at radius 3 is 2.43 bits per heavy atom. The minimum atomic E-state index is -0.972. The van der Waals surface area contributed by atoms with Gasteiger partial charge in [0.25, 0.3) is 0 Å². The van der Waals surface area contributed by atoms with E-state index in [1.807, 2.05) is 30.5 Å². The Kier molecular flexibility index (Phi) is 8.30. The number of benzene rings is 2. The van der Waals surface area contributed by atoms with Gasteiger partial charge in [-0.1, -0.05) is 48.5 Å². The topological polar surface area (TPSA) is 105 Å². The molecular formula is C26H30N2O6S. The number of hydrogen-bond acceptors (Lipinski definition) is 6. The molecule has 1 aliphatic carbocycles. The Morgan fingerprint density at radius 2 is 1.80 bits per heavy atom. The van der Waals surface area contributed by atoms with Crippen molar-refractivity contribution in [3.8, 4) is 11.1 Å². The second kappa shape index (κ2) is 11.6. The van der Waals surface area contributed by atoms with Gasteiger partial charge in [0.15, 0.2) is 0 Å². The highest BCUT2D eigenvalue weighted by Gasteiger charge is 2.32. The van der Waals surface area contributed by atoms with Crippen LogP contribution in [0.15, 0.2) is 48.5 Å². The van der Waals surface area contributed by atoms with Crippen molar-refractivity contribution in [3.63, 3.8) is 0 Å². The van der Waals surface area contributed by atoms with Crippen molar-refractivity contribution in [2.24, 2.45) is 0 Å². The van der Waals surface area contributed by atoms with Gasteiger partial charge in [0.1, 0.15) is 12.6 Å². The SMILES string of the molecule is CSCCC(NC(=O)OCC1c2ccccc2-c2ccccc21)C(=O)N1CCOC(CC(=O)O)C1. The van der Waals surface area contributed by atoms with Crippen molar-refractivity contribution in [2.45, 2.75) is 30.9 Å². The number of nitrogens with zero attached hydrogens (tertiary/aromatic N) is 1. The van der Waals surface area contributed by atoms with Crippen LogP contribution in [-0.2, 0) is 19.1 Å². The number of carboxylic acids is 1. The average Bonchev–Trinajstić information content (AvgIpc) is 3.18. The molecule has 1 fully saturated rings. The molecule has 1 heterocycles. The number of hydrogen-bond donors (Lipinski definition) is 2. The summed E-state index contributed by atoms with van der Waals surface area (Å²) in [6.07, 6.45) is 1.03. The zero-order valence-electron chi connectivity index (χ0n) is 19.6. The highest BCUT2D eigenvalue weighted by Crippen LogP contribution is 2.44. The third-order valence-corrected chi connectivity index (χ3v) is 7.04. The molecule has 35 heavy (non-hydrogen) atoms. The molecular weight excluding hydrogens is 468 g/mol. The van der Waals surface area contributed by atoms with Gasteiger partial charge in [-0.3, -0.25) is 9.59 Å². The van der Waals surface area contributed by atoms with E-state index in [-0.39, 0.29) is 38.0 Å². The summed E-state index contributed by atoms with van der Waals surface area (Å²) in [7, 11) is 0. The summed E-state index contributed by atoms with van der Waals surface area (Å²) < 4.78 is 11.1. The lowest BCUT2D eigenvalue weighted by molar-refractivity contribution is -0.148. The number of aliphatic carboxylic acids is 1. The van der Waals surface area contributed by atoms with Crippen LogP contribution in [0.1, 0.15) is 29.9 Å². The maximum atomic E-state index is 13.2. The summed E-state index contributed by atoms with van der Waals surface area (Å²) in [4.78, 5) is 38.6. The fraction of sp³-hybridized carbons (Fsp3) is 0.423. The Labute approximate surface area is 209 Å². The maximum Gasteiger partial charge on any atom is 0.407 e. The van der Waals surface area contributed by atoms with Crippen molar-refractivity contribution < 1.29 is 29.0 Å². The van der Waals surface area contributed by atoms with Gasteiger partial charge >= 0.3 is 12.1 Å². The van der Waals surface area contributed by atoms with E-state index in [9.17, 15) is 14.4 Å². The van der Waals surface area contributed by atoms with Crippen LogP contribution in [0.2, 0.25) is 0 Å². The molecule has 0 radical (unpaired) electrons. The van der Waals surface area contributed by atoms with Crippen LogP contribution in [-0.4, -0.2) is 78.4 Å². The number of morpholine rings is 1. The van der Waals surface area contributed by atoms with Gasteiger partial charge < -0.3 is 24.8 Å². The molecule has 2 unspecified atom stereocenters. The second-order valence-corrected chi connectivity index (χ2v) is 9.66. The molecule has 0 bridgehead atoms. The van der Waals surface area contributed by atoms with Gasteiger partial charge in [-0.25, -0.2) is 4.79 Å². The van der Waals surface area contributed by atoms with E-state index in [0.29, 0.717) is 18.7 Å². The molecule has 2 atom stereocenters. The van der Waals surface area contributed by atoms with Gasteiger partial charge in [0.05, 0.1) is 19.1 Å². The van der Waals surface area contributed by atoms with E-state index < -0.39 is 24.2 Å². The lowest BCUT2D eigenvalue weighted by Gasteiger charge is -2.34. The number of rotatable bonds is 9. The number of nitrogens with one attached hydrogen (secondary N) is 1. The molecule has 2 aromatic rings. The number of carbonyl (C=O) groups excluding carboxylic acids is 2. The zero-order chi connectivity index (χ0) is 24.8. The minimum Gasteiger partial charge on any atom is -0.481 e. The number of thioether (sulfide) groups is 1. The van der Waals surface area contributed by atoms with Crippen molar-refractivity contribution in [1.29, 1.82) is 0 Å². The molecule has 2 aromatic carbocycles. The van der Waals surface area contributed by atoms with Gasteiger partial charge in [-0.15, -0.1) is 0 Å². The number of fused-ring (bicyclic) bond motifs is 3. The number of amides is 2. The predicted molar refractivity (Wildman–Crippen MR) is 134 cm³/mol. The van der Waals surface area contributed by atoms with Crippen LogP contribution in [0.25, 0.3) is 11.1 Å². The fourth-order valence-electron chi connectivity index (χ4n) is 4.73. The van der Waals surface area contributed by atoms with E-state index >= 15 is 0 Å². The van der Waals surface area contributed by atoms with E-state index in [0.717, 1.165) is 22.3 Å². The zero-order valence-corrected chi connectivity index (χ0v) is 20.5. The fourth-order valence-corrected chi connectivity index (χ4v) is 5.20. The highest BCUT2D eigenvalue weighted by atomic mass is 32.2. The van der Waals surface area contributed by atoms with Crippen LogP contribution < -0.4 is 5.32 Å². The first-order valence-electron chi connectivity index (χ1n) is 11.7. The van der Waals surface area contributed by atoms with Gasteiger partial charge in [-0.2, -0.15) is 11.8 Å². The number of carbonyl (C=O) groups is 3. The number of carboxylic acid groups (broad SMARTS) is 1. The molecule has 2 N–H and O–H groups in total. The first-order chi connectivity index (χ1) is 17.0. The lowest BCUT2D eigenvalue weighted by Crippen LogP contribution is -2.54. The van der Waals surface area contributed by atoms with Crippen molar-refractivity contribution >= 4 is 29.7 Å². The van der Waals surface area contributed by atoms with Crippen LogP contribution in [0.4, 0.5) is 4.79 Å². The molecule has 0 saturated carbocycles. The summed E-state index contributed by atoms with van der Waals surface area (Å²) >= 11 is 1.58. The quantitative estimate of drug-likeness (QED) is 0.546. The van der Waals surface area contributed by atoms with Crippen LogP contribution >= 0.6 is 11.8 Å². The molecule has 0 aromatic heterocycles. The summed E-state index contributed by atoms with van der Waals surface area (Å²) in [5.41, 5.74) is 4.53. The smallest absolute Gasteiger partial charge is 0.407 e. The van der Waals surface area contributed by atoms with E-state index in [4.69, 9.17) is 14.6 Å². The first-order valence-corrected chi connectivity index (χ1v) is 13.1. The van der Waals surface area contributed by atoms with Crippen molar-refractivity contribution in [1.82, 2.24) is 10.2 Å². The van der Waals surface area contributed by atoms with Crippen molar-refractivity contribution in [2.75, 3.05) is 38.3 Å². The Morgan fingerprint density at radius 1 is 1.14 bits per heavy atom. The largest absolute Gasteiger partial charge is 0.481 e. The predicted octanol–water partition coefficient (Wildman–Crippen LogP) is 3.35. The Hall–Kier alpha value is -3.04. The molecule has 8 nitrogen and oxygen atoms in total. The molecule has 9 heteroatoms. The van der Waals surface area contributed by atoms with Gasteiger partial charge in [-0.05, 0) is 40.7 Å². The summed E-state index contributed by atoms with van der Waals surface area (Å²) in [6.45, 7) is 0.982. The molecule has 2 amide bonds. The molecule has 186 valence electrons. The Bertz CT molecular complexity index is 1030. The lowest BCUT2D eigenvalue weighted by atomic mass is 9.98. The standard InChI is InChI=1S/C26H30N2O6S/c1-35-13-10-23(25(31)28-11-12-33-17(15-28)14-24(29)30)27-26(32)34-16-22-20-8-4-2-6-18(20)19-7-3-5-9-21(19)22/h2-9,17,22-23H,10-16H2,1H3,(H,27,32)(H,29,30). The first kappa shape index (κ1) is 25.1. The Balaban J connectivity index is 1.39. The van der Waals surface area contributed by atoms with Crippen LogP contribution in [0.3, 0.4) is 0 Å². The van der Waals surface area contributed by atoms with Gasteiger partial charge in [0, 0.05) is 19.0 Å². The van der Waals surface area contributed by atoms with E-state index in [1.54, 1.807) is 16.7 Å². The maximum absolute atomic E-state index is 13.2. The monoisotopic (exact) mass is 498 g/mol. The van der Waals surface area contributed by atoms with Crippen molar-refractivity contribution in [3.05, 3.63) is 59.7 Å². The molecule has 4 rings (SSSR count). The number of ether oxygens (including phenoxy) is 2. The third kappa shape index (κ3) is 5.97. The normalized spacial score (nSPS) is 17.9.